The molecule has 0 spiro atoms. The van der Waals surface area contributed by atoms with Crippen molar-refractivity contribution in [1.29, 1.82) is 0 Å². The lowest BCUT2D eigenvalue weighted by molar-refractivity contribution is -0.144. The molecule has 0 aliphatic carbocycles. The number of methoxy groups -OCH3 is 1. The lowest BCUT2D eigenvalue weighted by atomic mass is 10.0. The minimum atomic E-state index is -0.316. The first-order valence-corrected chi connectivity index (χ1v) is 16.5. The van der Waals surface area contributed by atoms with Crippen LogP contribution in [0.3, 0.4) is 0 Å². The summed E-state index contributed by atoms with van der Waals surface area (Å²) >= 11 is 0. The minimum Gasteiger partial charge on any atom is -0.468 e. The summed E-state index contributed by atoms with van der Waals surface area (Å²) in [5.74, 6) is -0.834. The topological polar surface area (TPSA) is 121 Å². The van der Waals surface area contributed by atoms with Crippen LogP contribution in [-0.2, 0) is 41.7 Å². The molecule has 2 N–H and O–H groups in total. The molecule has 0 atom stereocenters. The number of amides is 2. The maximum absolute atomic E-state index is 12.4. The van der Waals surface area contributed by atoms with Gasteiger partial charge in [-0.1, -0.05) is 72.8 Å². The first kappa shape index (κ1) is 32.8. The molecule has 2 amide bonds. The largest absolute Gasteiger partial charge is 0.468 e. The Labute approximate surface area is 293 Å². The van der Waals surface area contributed by atoms with Gasteiger partial charge in [0.1, 0.15) is 13.1 Å². The Morgan fingerprint density at radius 1 is 0.627 bits per heavy atom. The Kier molecular flexibility index (Phi) is 9.05. The molecule has 0 radical (unpaired) electrons. The number of carbonyl (C=O) groups excluding carboxylic acids is 4. The third-order valence-corrected chi connectivity index (χ3v) is 8.79. The van der Waals surface area contributed by atoms with E-state index < -0.39 is 0 Å². The SMILES string of the molecule is CCOC(=O)Cn1cc(/C=C2\C(=O)Nc3ccccc32)c2ccccc21.COC(=O)Cn1cc(/C=C2\C(=O)Nc3ccccc32)c2ccccc21. The zero-order chi connectivity index (χ0) is 35.5. The molecule has 0 unspecified atom stereocenters. The number of esters is 2. The number of hydrogen-bond donors (Lipinski definition) is 2. The molecule has 0 bridgehead atoms. The van der Waals surface area contributed by atoms with E-state index in [2.05, 4.69) is 10.6 Å². The molecular weight excluding hydrogens is 644 g/mol. The highest BCUT2D eigenvalue weighted by Crippen LogP contribution is 2.36. The highest BCUT2D eigenvalue weighted by molar-refractivity contribution is 6.36. The molecule has 2 aliphatic rings. The van der Waals surface area contributed by atoms with Crippen LogP contribution in [0.4, 0.5) is 11.4 Å². The maximum atomic E-state index is 12.4. The Bertz CT molecular complexity index is 2410. The Balaban J connectivity index is 0.000000159. The summed E-state index contributed by atoms with van der Waals surface area (Å²) in [6.45, 7) is 2.41. The van der Waals surface area contributed by atoms with E-state index in [1.165, 1.54) is 7.11 Å². The van der Waals surface area contributed by atoms with Crippen molar-refractivity contribution in [3.63, 3.8) is 0 Å². The van der Waals surface area contributed by atoms with Gasteiger partial charge in [0.15, 0.2) is 0 Å². The molecular formula is C41H34N4O6. The highest BCUT2D eigenvalue weighted by atomic mass is 16.5. The van der Waals surface area contributed by atoms with E-state index in [0.717, 1.165) is 55.4 Å². The van der Waals surface area contributed by atoms with E-state index in [1.54, 1.807) is 6.92 Å². The third-order valence-electron chi connectivity index (χ3n) is 8.79. The second-order valence-electron chi connectivity index (χ2n) is 12.0. The first-order valence-electron chi connectivity index (χ1n) is 16.5. The minimum absolute atomic E-state index is 0.117. The summed E-state index contributed by atoms with van der Waals surface area (Å²) in [6.07, 6.45) is 7.52. The van der Waals surface area contributed by atoms with Gasteiger partial charge in [-0.3, -0.25) is 19.2 Å². The molecule has 0 saturated heterocycles. The van der Waals surface area contributed by atoms with Crippen molar-refractivity contribution in [2.75, 3.05) is 24.4 Å². The summed E-state index contributed by atoms with van der Waals surface area (Å²) < 4.78 is 13.5. The molecule has 8 rings (SSSR count). The van der Waals surface area contributed by atoms with Crippen LogP contribution < -0.4 is 10.6 Å². The van der Waals surface area contributed by atoms with Crippen molar-refractivity contribution in [1.82, 2.24) is 9.13 Å². The van der Waals surface area contributed by atoms with Crippen molar-refractivity contribution < 1.29 is 28.7 Å². The molecule has 0 fully saturated rings. The van der Waals surface area contributed by atoms with Gasteiger partial charge in [0.2, 0.25) is 0 Å². The molecule has 4 heterocycles. The second kappa shape index (κ2) is 14.0. The van der Waals surface area contributed by atoms with E-state index in [9.17, 15) is 19.2 Å². The van der Waals surface area contributed by atoms with Gasteiger partial charge < -0.3 is 29.2 Å². The smallest absolute Gasteiger partial charge is 0.325 e. The average Bonchev–Trinajstić information content (AvgIpc) is 3.86. The number of ether oxygens (including phenoxy) is 2. The second-order valence-corrected chi connectivity index (χ2v) is 12.0. The van der Waals surface area contributed by atoms with Crippen molar-refractivity contribution in [3.05, 3.63) is 132 Å². The predicted octanol–water partition coefficient (Wildman–Crippen LogP) is 7.00. The number of nitrogens with zero attached hydrogens (tertiary/aromatic N) is 2. The first-order chi connectivity index (χ1) is 24.8. The number of hydrogen-bond acceptors (Lipinski definition) is 6. The predicted molar refractivity (Wildman–Crippen MR) is 198 cm³/mol. The highest BCUT2D eigenvalue weighted by Gasteiger charge is 2.25. The van der Waals surface area contributed by atoms with Gasteiger partial charge in [-0.2, -0.15) is 0 Å². The fraction of sp³-hybridized carbons (Fsp3) is 0.122. The van der Waals surface area contributed by atoms with Crippen LogP contribution in [0.15, 0.2) is 109 Å². The lowest BCUT2D eigenvalue weighted by Crippen LogP contribution is -2.12. The van der Waals surface area contributed by atoms with E-state index in [-0.39, 0.29) is 36.8 Å². The van der Waals surface area contributed by atoms with Crippen LogP contribution >= 0.6 is 0 Å². The average molecular weight is 679 g/mol. The normalized spacial score (nSPS) is 14.5. The maximum Gasteiger partial charge on any atom is 0.325 e. The van der Waals surface area contributed by atoms with Crippen LogP contribution in [-0.4, -0.2) is 46.6 Å². The van der Waals surface area contributed by atoms with Crippen LogP contribution in [0.25, 0.3) is 45.1 Å². The fourth-order valence-electron chi connectivity index (χ4n) is 6.47. The summed E-state index contributed by atoms with van der Waals surface area (Å²) in [5.41, 5.74) is 8.29. The zero-order valence-electron chi connectivity index (χ0n) is 28.0. The van der Waals surface area contributed by atoms with Crippen molar-refractivity contribution in [2.24, 2.45) is 0 Å². The van der Waals surface area contributed by atoms with Gasteiger partial charge in [-0.25, -0.2) is 0 Å². The van der Waals surface area contributed by atoms with E-state index in [4.69, 9.17) is 9.47 Å². The Morgan fingerprint density at radius 2 is 1.06 bits per heavy atom. The molecule has 6 aromatic rings. The summed E-state index contributed by atoms with van der Waals surface area (Å²) in [7, 11) is 1.37. The van der Waals surface area contributed by atoms with Gasteiger partial charge in [0, 0.05) is 79.0 Å². The molecule has 2 aromatic heterocycles. The number of carbonyl (C=O) groups is 4. The Hall–Kier alpha value is -6.68. The van der Waals surface area contributed by atoms with Gasteiger partial charge >= 0.3 is 11.9 Å². The van der Waals surface area contributed by atoms with Crippen LogP contribution in [0.2, 0.25) is 0 Å². The number of nitrogens with one attached hydrogen (secondary N) is 2. The summed E-state index contributed by atoms with van der Waals surface area (Å²) in [5, 5.41) is 7.73. The lowest BCUT2D eigenvalue weighted by Gasteiger charge is -2.04. The Morgan fingerprint density at radius 3 is 1.53 bits per heavy atom. The number of rotatable bonds is 7. The van der Waals surface area contributed by atoms with Gasteiger partial charge in [0.05, 0.1) is 13.7 Å². The van der Waals surface area contributed by atoms with Gasteiger partial charge in [-0.05, 0) is 43.3 Å². The molecule has 10 heteroatoms. The van der Waals surface area contributed by atoms with Gasteiger partial charge in [0.25, 0.3) is 11.8 Å². The number of anilines is 2. The number of benzene rings is 4. The van der Waals surface area contributed by atoms with Crippen molar-refractivity contribution in [2.45, 2.75) is 20.0 Å². The molecule has 51 heavy (non-hydrogen) atoms. The number of aromatic nitrogens is 2. The summed E-state index contributed by atoms with van der Waals surface area (Å²) in [4.78, 5) is 48.3. The fourth-order valence-corrected chi connectivity index (χ4v) is 6.47. The summed E-state index contributed by atoms with van der Waals surface area (Å²) in [6, 6.07) is 30.8. The van der Waals surface area contributed by atoms with Gasteiger partial charge in [-0.15, -0.1) is 0 Å². The zero-order valence-corrected chi connectivity index (χ0v) is 28.0. The van der Waals surface area contributed by atoms with Crippen molar-refractivity contribution >= 4 is 80.2 Å². The molecule has 2 aliphatic heterocycles. The monoisotopic (exact) mass is 678 g/mol. The molecule has 10 nitrogen and oxygen atoms in total. The number of para-hydroxylation sites is 4. The molecule has 0 saturated carbocycles. The van der Waals surface area contributed by atoms with Crippen LogP contribution in [0.1, 0.15) is 29.2 Å². The molecule has 4 aromatic carbocycles. The van der Waals surface area contributed by atoms with E-state index in [0.29, 0.717) is 17.8 Å². The van der Waals surface area contributed by atoms with Crippen LogP contribution in [0, 0.1) is 0 Å². The van der Waals surface area contributed by atoms with Crippen molar-refractivity contribution in [3.8, 4) is 0 Å². The van der Waals surface area contributed by atoms with E-state index >= 15 is 0 Å². The van der Waals surface area contributed by atoms with E-state index in [1.807, 2.05) is 131 Å². The third kappa shape index (κ3) is 6.54. The number of fused-ring (bicyclic) bond motifs is 4. The standard InChI is InChI=1S/C21H18N2O3.C20H16N2O3/c1-2-26-20(24)13-23-12-14(15-7-4-6-10-19(15)23)11-17-16-8-3-5-9-18(16)22-21(17)25;1-25-19(23)12-22-11-13(14-6-3-5-9-18(14)22)10-16-15-7-2-4-8-17(15)21-20(16)24/h3-12H,2,13H2,1H3,(H,22,25);2-11H,12H2,1H3,(H,21,24)/b17-11-;16-10-. The van der Waals surface area contributed by atoms with Crippen LogP contribution in [0.5, 0.6) is 0 Å². The molecule has 254 valence electrons. The quantitative estimate of drug-likeness (QED) is 0.139.